The molecule has 2 unspecified atom stereocenters. The van der Waals surface area contributed by atoms with E-state index in [-0.39, 0.29) is 12.1 Å². The van der Waals surface area contributed by atoms with Crippen molar-refractivity contribution in [1.82, 2.24) is 15.5 Å². The third kappa shape index (κ3) is 3.43. The van der Waals surface area contributed by atoms with E-state index < -0.39 is 0 Å². The van der Waals surface area contributed by atoms with Gasteiger partial charge in [0.15, 0.2) is 0 Å². The summed E-state index contributed by atoms with van der Waals surface area (Å²) in [6.45, 7) is 3.71. The third-order valence-corrected chi connectivity index (χ3v) is 3.23. The molecule has 0 spiro atoms. The van der Waals surface area contributed by atoms with Crippen LogP contribution in [-0.2, 0) is 11.3 Å². The monoisotopic (exact) mass is 254 g/mol. The summed E-state index contributed by atoms with van der Waals surface area (Å²) in [4.78, 5) is 0. The molecule has 0 saturated heterocycles. The molecule has 0 amide bonds. The molecule has 2 atom stereocenters. The zero-order valence-corrected chi connectivity index (χ0v) is 11.1. The number of ether oxygens (including phenoxy) is 1. The molecule has 1 aliphatic rings. The maximum atomic E-state index is 5.53. The number of anilines is 1. The summed E-state index contributed by atoms with van der Waals surface area (Å²) >= 11 is 0. The van der Waals surface area contributed by atoms with Crippen molar-refractivity contribution >= 4 is 6.01 Å². The van der Waals surface area contributed by atoms with Gasteiger partial charge >= 0.3 is 6.01 Å². The van der Waals surface area contributed by atoms with Crippen molar-refractivity contribution < 1.29 is 9.15 Å². The first-order valence-electron chi connectivity index (χ1n) is 6.66. The molecule has 2 rings (SSSR count). The van der Waals surface area contributed by atoms with Crippen molar-refractivity contribution in [2.45, 2.75) is 51.3 Å². The highest BCUT2D eigenvalue weighted by Crippen LogP contribution is 2.24. The second kappa shape index (κ2) is 6.70. The van der Waals surface area contributed by atoms with Crippen LogP contribution in [0.3, 0.4) is 0 Å². The summed E-state index contributed by atoms with van der Waals surface area (Å²) in [5, 5.41) is 14.5. The van der Waals surface area contributed by atoms with Crippen molar-refractivity contribution in [3.8, 4) is 0 Å². The van der Waals surface area contributed by atoms with E-state index in [0.29, 0.717) is 18.5 Å². The number of hydrogen-bond acceptors (Lipinski definition) is 6. The van der Waals surface area contributed by atoms with Crippen LogP contribution in [0.2, 0.25) is 0 Å². The molecule has 1 heterocycles. The maximum absolute atomic E-state index is 5.53. The molecular weight excluding hydrogens is 232 g/mol. The van der Waals surface area contributed by atoms with Gasteiger partial charge in [-0.15, -0.1) is 5.10 Å². The number of methoxy groups -OCH3 is 1. The minimum absolute atomic E-state index is 0.249. The molecule has 6 nitrogen and oxygen atoms in total. The first kappa shape index (κ1) is 13.3. The Morgan fingerprint density at radius 1 is 1.39 bits per heavy atom. The highest BCUT2D eigenvalue weighted by molar-refractivity contribution is 5.21. The number of aromatic nitrogens is 2. The molecule has 18 heavy (non-hydrogen) atoms. The summed E-state index contributed by atoms with van der Waals surface area (Å²) < 4.78 is 11.0. The van der Waals surface area contributed by atoms with Gasteiger partial charge in [-0.25, -0.2) is 0 Å². The molecule has 0 aromatic carbocycles. The van der Waals surface area contributed by atoms with Crippen LogP contribution in [0.25, 0.3) is 0 Å². The van der Waals surface area contributed by atoms with Crippen LogP contribution in [-0.4, -0.2) is 36.0 Å². The highest BCUT2D eigenvalue weighted by atomic mass is 16.5. The van der Waals surface area contributed by atoms with Crippen LogP contribution >= 0.6 is 0 Å². The Balaban J connectivity index is 1.82. The molecule has 0 aliphatic heterocycles. The number of hydrogen-bond donors (Lipinski definition) is 2. The predicted molar refractivity (Wildman–Crippen MR) is 68.4 cm³/mol. The number of nitrogens with zero attached hydrogens (tertiary/aromatic N) is 2. The first-order chi connectivity index (χ1) is 8.83. The van der Waals surface area contributed by atoms with Crippen LogP contribution in [0.4, 0.5) is 6.01 Å². The average molecular weight is 254 g/mol. The number of nitrogens with one attached hydrogen (secondary N) is 2. The van der Waals surface area contributed by atoms with E-state index >= 15 is 0 Å². The smallest absolute Gasteiger partial charge is 0.315 e. The minimum Gasteiger partial charge on any atom is -0.407 e. The van der Waals surface area contributed by atoms with Crippen LogP contribution in [0.5, 0.6) is 0 Å². The molecule has 6 heteroatoms. The van der Waals surface area contributed by atoms with E-state index in [0.717, 1.165) is 25.8 Å². The Hall–Kier alpha value is -1.14. The summed E-state index contributed by atoms with van der Waals surface area (Å²) in [5.74, 6) is 0.623. The van der Waals surface area contributed by atoms with Crippen LogP contribution in [0.15, 0.2) is 4.42 Å². The molecule has 2 N–H and O–H groups in total. The lowest BCUT2D eigenvalue weighted by atomic mass is 10.2. The minimum atomic E-state index is 0.249. The van der Waals surface area contributed by atoms with Crippen LogP contribution in [0, 0.1) is 0 Å². The average Bonchev–Trinajstić information content (AvgIpc) is 2.99. The van der Waals surface area contributed by atoms with Gasteiger partial charge in [-0.05, 0) is 32.2 Å². The lowest BCUT2D eigenvalue weighted by molar-refractivity contribution is 0.100. The van der Waals surface area contributed by atoms with Crippen molar-refractivity contribution in [2.24, 2.45) is 0 Å². The SMILES string of the molecule is CCCNCc1nnc(NC2CCCC2OC)o1. The Bertz CT molecular complexity index is 356. The number of rotatable bonds is 7. The van der Waals surface area contributed by atoms with E-state index in [4.69, 9.17) is 9.15 Å². The molecule has 0 radical (unpaired) electrons. The second-order valence-corrected chi connectivity index (χ2v) is 4.63. The Morgan fingerprint density at radius 3 is 3.06 bits per heavy atom. The van der Waals surface area contributed by atoms with E-state index in [9.17, 15) is 0 Å². The van der Waals surface area contributed by atoms with E-state index in [1.165, 1.54) is 6.42 Å². The van der Waals surface area contributed by atoms with Crippen molar-refractivity contribution in [1.29, 1.82) is 0 Å². The molecule has 1 aromatic rings. The standard InChI is InChI=1S/C12H22N4O2/c1-3-7-13-8-11-15-16-12(18-11)14-9-5-4-6-10(9)17-2/h9-10,13H,3-8H2,1-2H3,(H,14,16). The zero-order chi connectivity index (χ0) is 12.8. The third-order valence-electron chi connectivity index (χ3n) is 3.23. The topological polar surface area (TPSA) is 72.2 Å². The van der Waals surface area contributed by atoms with E-state index in [1.807, 2.05) is 0 Å². The lowest BCUT2D eigenvalue weighted by Crippen LogP contribution is -2.29. The largest absolute Gasteiger partial charge is 0.407 e. The van der Waals surface area contributed by atoms with Gasteiger partial charge in [0.05, 0.1) is 18.7 Å². The van der Waals surface area contributed by atoms with Gasteiger partial charge in [-0.1, -0.05) is 12.0 Å². The Labute approximate surface area is 107 Å². The Kier molecular flexibility index (Phi) is 4.95. The van der Waals surface area contributed by atoms with Gasteiger partial charge in [0.2, 0.25) is 5.89 Å². The first-order valence-corrected chi connectivity index (χ1v) is 6.66. The van der Waals surface area contributed by atoms with Gasteiger partial charge in [0, 0.05) is 7.11 Å². The van der Waals surface area contributed by atoms with E-state index in [1.54, 1.807) is 7.11 Å². The van der Waals surface area contributed by atoms with Crippen molar-refractivity contribution in [3.05, 3.63) is 5.89 Å². The van der Waals surface area contributed by atoms with Gasteiger partial charge < -0.3 is 19.8 Å². The van der Waals surface area contributed by atoms with Gasteiger partial charge in [0.1, 0.15) is 0 Å². The summed E-state index contributed by atoms with van der Waals surface area (Å²) in [6.07, 6.45) is 4.70. The fraction of sp³-hybridized carbons (Fsp3) is 0.833. The van der Waals surface area contributed by atoms with Crippen molar-refractivity contribution in [2.75, 3.05) is 19.0 Å². The Morgan fingerprint density at radius 2 is 2.28 bits per heavy atom. The molecule has 0 bridgehead atoms. The molecule has 1 aromatic heterocycles. The molecule has 1 aliphatic carbocycles. The van der Waals surface area contributed by atoms with Gasteiger partial charge in [-0.3, -0.25) is 0 Å². The lowest BCUT2D eigenvalue weighted by Gasteiger charge is -2.17. The van der Waals surface area contributed by atoms with Crippen LogP contribution in [0.1, 0.15) is 38.5 Å². The molecule has 1 saturated carbocycles. The van der Waals surface area contributed by atoms with Gasteiger partial charge in [-0.2, -0.15) is 0 Å². The summed E-state index contributed by atoms with van der Waals surface area (Å²) in [6, 6.07) is 0.782. The fourth-order valence-electron chi connectivity index (χ4n) is 2.29. The fourth-order valence-corrected chi connectivity index (χ4v) is 2.29. The van der Waals surface area contributed by atoms with Crippen LogP contribution < -0.4 is 10.6 Å². The quantitative estimate of drug-likeness (QED) is 0.719. The molecule has 102 valence electrons. The second-order valence-electron chi connectivity index (χ2n) is 4.63. The summed E-state index contributed by atoms with van der Waals surface area (Å²) in [7, 11) is 1.75. The maximum Gasteiger partial charge on any atom is 0.315 e. The van der Waals surface area contributed by atoms with Gasteiger partial charge in [0.25, 0.3) is 0 Å². The molecule has 1 fully saturated rings. The zero-order valence-electron chi connectivity index (χ0n) is 11.1. The highest BCUT2D eigenvalue weighted by Gasteiger charge is 2.28. The summed E-state index contributed by atoms with van der Waals surface area (Å²) in [5.41, 5.74) is 0. The molecular formula is C12H22N4O2. The van der Waals surface area contributed by atoms with E-state index in [2.05, 4.69) is 27.8 Å². The van der Waals surface area contributed by atoms with Crippen molar-refractivity contribution in [3.63, 3.8) is 0 Å². The predicted octanol–water partition coefficient (Wildman–Crippen LogP) is 1.55. The normalized spacial score (nSPS) is 23.4.